The molecule has 32 nitrogen and oxygen atoms in total. The van der Waals surface area contributed by atoms with Gasteiger partial charge in [0.05, 0.1) is 25.9 Å². The van der Waals surface area contributed by atoms with Crippen molar-refractivity contribution in [1.82, 2.24) is 39.0 Å². The lowest BCUT2D eigenvalue weighted by atomic mass is 10.1. The number of nitrogens with two attached hydrogens (primary N) is 2. The second-order valence-corrected chi connectivity index (χ2v) is 20.9. The van der Waals surface area contributed by atoms with Crippen LogP contribution in [0.3, 0.4) is 0 Å². The summed E-state index contributed by atoms with van der Waals surface area (Å²) in [6.07, 6.45) is -9.95. The van der Waals surface area contributed by atoms with E-state index in [1.54, 1.807) is 0 Å². The van der Waals surface area contributed by atoms with Crippen molar-refractivity contribution in [1.29, 1.82) is 0 Å². The van der Waals surface area contributed by atoms with E-state index < -0.39 is 112 Å². The number of aromatic amines is 1. The molecule has 328 valence electrons. The molecule has 0 bridgehead atoms. The Balaban J connectivity index is 1.20. The summed E-state index contributed by atoms with van der Waals surface area (Å²) >= 11 is 0. The number of fused-ring (bicyclic) bond motifs is 2. The number of aliphatic hydroxyl groups is 2. The number of methoxy groups -OCH3 is 1. The zero-order chi connectivity index (χ0) is 43.5. The number of ether oxygens (including phenoxy) is 3. The second-order valence-electron chi connectivity index (χ2n) is 12.3. The molecule has 0 spiro atoms. The highest BCUT2D eigenvalue weighted by Gasteiger charge is 2.53. The highest BCUT2D eigenvalue weighted by Crippen LogP contribution is 2.69. The van der Waals surface area contributed by atoms with Crippen LogP contribution in [0.5, 0.6) is 0 Å². The molecule has 6 rings (SSSR count). The molecule has 2 saturated heterocycles. The zero-order valence-corrected chi connectivity index (χ0v) is 33.8. The van der Waals surface area contributed by atoms with Gasteiger partial charge < -0.3 is 65.3 Å². The molecule has 12 atom stereocenters. The van der Waals surface area contributed by atoms with Gasteiger partial charge in [0.1, 0.15) is 48.5 Å². The van der Waals surface area contributed by atoms with Crippen molar-refractivity contribution in [2.45, 2.75) is 49.1 Å². The van der Waals surface area contributed by atoms with E-state index >= 15 is 0 Å². The largest absolute Gasteiger partial charge is 0.479 e. The molecule has 6 heterocycles. The lowest BCUT2D eigenvalue weighted by Gasteiger charge is -2.26. The van der Waals surface area contributed by atoms with Crippen LogP contribution >= 0.6 is 38.7 Å². The van der Waals surface area contributed by atoms with Gasteiger partial charge in [0.15, 0.2) is 41.0 Å². The third-order valence-electron chi connectivity index (χ3n) is 8.16. The summed E-state index contributed by atoms with van der Waals surface area (Å²) in [5.41, 5.74) is 10.5. The maximum atomic E-state index is 13.5. The summed E-state index contributed by atoms with van der Waals surface area (Å²) in [6.45, 7) is -2.19. The first-order valence-electron chi connectivity index (χ1n) is 15.9. The number of imidazole rings is 2. The topological polar surface area (TPSA) is 480 Å². The van der Waals surface area contributed by atoms with Crippen molar-refractivity contribution >= 4 is 72.8 Å². The molecule has 37 heteroatoms. The normalized spacial score (nSPS) is 29.3. The number of hydrogen-bond donors (Lipinski definition) is 11. The van der Waals surface area contributed by atoms with Crippen LogP contribution in [0.15, 0.2) is 23.8 Å². The average Bonchev–Trinajstić information content (AvgIpc) is 3.85. The van der Waals surface area contributed by atoms with Crippen LogP contribution in [0, 0.1) is 0 Å². The summed E-state index contributed by atoms with van der Waals surface area (Å²) in [4.78, 5) is 92.5. The monoisotopic (exact) mass is 944 g/mol. The lowest BCUT2D eigenvalue weighted by Crippen LogP contribution is -2.38. The molecule has 0 aromatic carbocycles. The molecule has 0 aliphatic carbocycles. The molecule has 0 saturated carbocycles. The number of aliphatic hydroxyl groups excluding tert-OH is 2. The zero-order valence-electron chi connectivity index (χ0n) is 29.3. The van der Waals surface area contributed by atoms with E-state index in [1.807, 2.05) is 0 Å². The predicted octanol–water partition coefficient (Wildman–Crippen LogP) is -2.27. The maximum Gasteiger partial charge on any atom is 0.479 e. The van der Waals surface area contributed by atoms with Gasteiger partial charge in [-0.3, -0.25) is 41.6 Å². The average molecular weight is 944 g/mol. The molecule has 4 unspecified atom stereocenters. The SMILES string of the molecule is CO[C@@H]1[C@H](OP(=O)(O)OC[C@H]2O[C@@H](n3cnc4c(=O)[nH]c(N)nc43)[C@H](O)[C@@H]2O)[C@@H](COP(=O)(O)OP(=O)(O)CP(=O)(O)OP(=O)(O)O)O[C@H]1n1cnc2c(N)ncnc21. The van der Waals surface area contributed by atoms with Crippen LogP contribution in [0.4, 0.5) is 11.8 Å². The number of hydrogen-bond acceptors (Lipinski definition) is 23. The van der Waals surface area contributed by atoms with Crippen LogP contribution in [0.2, 0.25) is 0 Å². The van der Waals surface area contributed by atoms with E-state index in [-0.39, 0.29) is 34.1 Å². The summed E-state index contributed by atoms with van der Waals surface area (Å²) in [7, 11) is -27.2. The van der Waals surface area contributed by atoms with Gasteiger partial charge in [0.2, 0.25) is 5.95 Å². The van der Waals surface area contributed by atoms with Gasteiger partial charge in [0.25, 0.3) is 5.56 Å². The smallest absolute Gasteiger partial charge is 0.387 e. The molecule has 59 heavy (non-hydrogen) atoms. The summed E-state index contributed by atoms with van der Waals surface area (Å²) in [5.74, 6) is -2.48. The molecular weight excluding hydrogens is 911 g/mol. The highest BCUT2D eigenvalue weighted by atomic mass is 31.3. The van der Waals surface area contributed by atoms with Crippen LogP contribution in [0.1, 0.15) is 12.5 Å². The Morgan fingerprint density at radius 3 is 2.02 bits per heavy atom. The van der Waals surface area contributed by atoms with E-state index in [4.69, 9.17) is 49.0 Å². The van der Waals surface area contributed by atoms with Crippen molar-refractivity contribution in [2.24, 2.45) is 0 Å². The Morgan fingerprint density at radius 1 is 0.763 bits per heavy atom. The molecule has 4 aromatic heterocycles. The molecule has 2 fully saturated rings. The number of nitrogens with one attached hydrogen (secondary N) is 1. The van der Waals surface area contributed by atoms with Gasteiger partial charge >= 0.3 is 38.7 Å². The first kappa shape index (κ1) is 45.5. The van der Waals surface area contributed by atoms with Crippen molar-refractivity contribution in [2.75, 3.05) is 37.7 Å². The van der Waals surface area contributed by atoms with Gasteiger partial charge in [-0.1, -0.05) is 0 Å². The second kappa shape index (κ2) is 16.7. The summed E-state index contributed by atoms with van der Waals surface area (Å²) in [6, 6.07) is 0. The fraction of sp³-hybridized carbons (Fsp3) is 0.545. The van der Waals surface area contributed by atoms with Crippen molar-refractivity contribution < 1.29 is 98.8 Å². The fourth-order valence-corrected chi connectivity index (χ4v) is 13.1. The van der Waals surface area contributed by atoms with Gasteiger partial charge in [-0.15, -0.1) is 0 Å². The third-order valence-corrected chi connectivity index (χ3v) is 16.2. The van der Waals surface area contributed by atoms with Crippen LogP contribution in [-0.2, 0) is 59.2 Å². The lowest BCUT2D eigenvalue weighted by molar-refractivity contribution is -0.0581. The van der Waals surface area contributed by atoms with Crippen LogP contribution in [0.25, 0.3) is 22.3 Å². The molecule has 0 amide bonds. The van der Waals surface area contributed by atoms with E-state index in [9.17, 15) is 57.4 Å². The van der Waals surface area contributed by atoms with E-state index in [0.717, 1.165) is 30.7 Å². The van der Waals surface area contributed by atoms with Crippen molar-refractivity contribution in [3.05, 3.63) is 29.3 Å². The van der Waals surface area contributed by atoms with Crippen molar-refractivity contribution in [3.63, 3.8) is 0 Å². The molecule has 2 aliphatic heterocycles. The number of phosphoric ester groups is 2. The number of phosphoric acid groups is 3. The number of anilines is 2. The fourth-order valence-electron chi connectivity index (χ4n) is 5.87. The van der Waals surface area contributed by atoms with Crippen LogP contribution in [-0.4, -0.2) is 141 Å². The van der Waals surface area contributed by atoms with Gasteiger partial charge in [-0.2, -0.15) is 4.98 Å². The molecular formula is C22H33N10O22P5. The summed E-state index contributed by atoms with van der Waals surface area (Å²) < 4.78 is 104. The third kappa shape index (κ3) is 10.4. The first-order chi connectivity index (χ1) is 27.3. The minimum Gasteiger partial charge on any atom is -0.387 e. The first-order valence-corrected chi connectivity index (χ1v) is 23.9. The number of aromatic nitrogens is 8. The van der Waals surface area contributed by atoms with Gasteiger partial charge in [0, 0.05) is 7.11 Å². The van der Waals surface area contributed by atoms with E-state index in [2.05, 4.69) is 38.5 Å². The molecule has 13 N–H and O–H groups in total. The Morgan fingerprint density at radius 2 is 1.36 bits per heavy atom. The maximum absolute atomic E-state index is 13.5. The quantitative estimate of drug-likeness (QED) is 0.0497. The van der Waals surface area contributed by atoms with Crippen LogP contribution < -0.4 is 17.0 Å². The van der Waals surface area contributed by atoms with Gasteiger partial charge in [-0.05, 0) is 0 Å². The molecule has 0 radical (unpaired) electrons. The number of nitrogens with zero attached hydrogens (tertiary/aromatic N) is 7. The Kier molecular flexibility index (Phi) is 12.9. The highest BCUT2D eigenvalue weighted by molar-refractivity contribution is 7.76. The standard InChI is InChI=1S/C22H33N10O22P5/c1-47-15-14(52-58(43,44)48-2-8-12(33)13(34)20(50-8)32-6-28-11-18(32)29-22(24)30-19(11)35)9(51-21(15)31-5-27-10-16(23)25-4-26-17(10)31)3-49-59(45,46)54-56(38,39)7-55(36,37)53-57(40,41)42/h4-6,8-9,12-15,20-21,33-34H,2-3,7H2,1H3,(H,36,37)(H,38,39)(H,43,44)(H,45,46)(H2,23,25,26)(H2,40,41,42)(H3,24,29,30,35)/t8-,9-,12-,13-,14-,15-,20-,21-/m1/s1. The van der Waals surface area contributed by atoms with E-state index in [0.29, 0.717) is 0 Å². The number of H-pyrrole nitrogens is 1. The minimum atomic E-state index is -5.82. The summed E-state index contributed by atoms with van der Waals surface area (Å²) in [5, 5.41) is 21.5. The Bertz CT molecular complexity index is 2510. The van der Waals surface area contributed by atoms with Gasteiger partial charge in [-0.25, -0.2) is 42.3 Å². The number of rotatable bonds is 17. The van der Waals surface area contributed by atoms with E-state index in [1.165, 1.54) is 4.57 Å². The molecule has 4 aromatic rings. The predicted molar refractivity (Wildman–Crippen MR) is 188 cm³/mol. The Hall–Kier alpha value is -2.99. The number of nitrogen functional groups attached to an aromatic ring is 2. The minimum absolute atomic E-state index is 0.0188. The van der Waals surface area contributed by atoms with Crippen molar-refractivity contribution in [3.8, 4) is 0 Å². The Labute approximate surface area is 326 Å². The molecule has 2 aliphatic rings.